The molecule has 0 atom stereocenters. The molecule has 120 valence electrons. The minimum Gasteiger partial charge on any atom is -0.468 e. The first-order valence-electron chi connectivity index (χ1n) is 7.82. The minimum absolute atomic E-state index is 0.721. The van der Waals surface area contributed by atoms with Gasteiger partial charge in [-0.1, -0.05) is 0 Å². The van der Waals surface area contributed by atoms with Gasteiger partial charge in [0.15, 0.2) is 0 Å². The zero-order valence-electron chi connectivity index (χ0n) is 13.3. The van der Waals surface area contributed by atoms with Crippen LogP contribution in [0.5, 0.6) is 0 Å². The summed E-state index contributed by atoms with van der Waals surface area (Å²) in [6.07, 6.45) is 5.44. The zero-order chi connectivity index (χ0) is 14.9. The lowest BCUT2D eigenvalue weighted by atomic mass is 10.2. The van der Waals surface area contributed by atoms with Gasteiger partial charge >= 0.3 is 0 Å². The second-order valence-electron chi connectivity index (χ2n) is 5.64. The lowest BCUT2D eigenvalue weighted by Gasteiger charge is -2.21. The van der Waals surface area contributed by atoms with Crippen molar-refractivity contribution in [1.29, 1.82) is 0 Å². The summed E-state index contributed by atoms with van der Waals surface area (Å²) in [4.78, 5) is 2.36. The van der Waals surface area contributed by atoms with E-state index >= 15 is 0 Å². The molecule has 1 heterocycles. The number of rotatable bonds is 12. The van der Waals surface area contributed by atoms with Crippen LogP contribution in [0, 0.1) is 0 Å². The quantitative estimate of drug-likeness (QED) is 0.598. The standard InChI is InChI=1S/C16H28N2O3/c1-19-9-3-7-18(8-11-20-2)13-16-14(6-10-21-16)12-17-15-4-5-15/h6,10,15,17H,3-5,7-9,11-13H2,1-2H3. The van der Waals surface area contributed by atoms with Gasteiger partial charge in [-0.05, 0) is 25.3 Å². The van der Waals surface area contributed by atoms with E-state index in [1.165, 1.54) is 18.4 Å². The summed E-state index contributed by atoms with van der Waals surface area (Å²) >= 11 is 0. The van der Waals surface area contributed by atoms with Gasteiger partial charge in [-0.25, -0.2) is 0 Å². The maximum Gasteiger partial charge on any atom is 0.122 e. The van der Waals surface area contributed by atoms with Crippen LogP contribution < -0.4 is 5.32 Å². The van der Waals surface area contributed by atoms with E-state index in [1.54, 1.807) is 20.5 Å². The summed E-state index contributed by atoms with van der Waals surface area (Å²) in [5.41, 5.74) is 1.27. The van der Waals surface area contributed by atoms with Crippen LogP contribution in [-0.4, -0.2) is 51.5 Å². The molecule has 0 bridgehead atoms. The summed E-state index contributed by atoms with van der Waals surface area (Å²) < 4.78 is 16.0. The van der Waals surface area contributed by atoms with E-state index in [9.17, 15) is 0 Å². The van der Waals surface area contributed by atoms with Crippen molar-refractivity contribution in [2.45, 2.75) is 38.4 Å². The number of hydrogen-bond acceptors (Lipinski definition) is 5. The first kappa shape index (κ1) is 16.5. The van der Waals surface area contributed by atoms with Crippen LogP contribution >= 0.6 is 0 Å². The molecular weight excluding hydrogens is 268 g/mol. The first-order valence-corrected chi connectivity index (χ1v) is 7.82. The maximum atomic E-state index is 5.68. The fourth-order valence-electron chi connectivity index (χ4n) is 2.33. The Morgan fingerprint density at radius 2 is 2.05 bits per heavy atom. The van der Waals surface area contributed by atoms with E-state index in [0.29, 0.717) is 0 Å². The molecule has 1 aromatic rings. The summed E-state index contributed by atoms with van der Waals surface area (Å²) in [7, 11) is 3.49. The third-order valence-corrected chi connectivity index (χ3v) is 3.80. The van der Waals surface area contributed by atoms with Crippen molar-refractivity contribution in [3.8, 4) is 0 Å². The maximum absolute atomic E-state index is 5.68. The lowest BCUT2D eigenvalue weighted by molar-refractivity contribution is 0.124. The van der Waals surface area contributed by atoms with Crippen LogP contribution in [0.1, 0.15) is 30.6 Å². The van der Waals surface area contributed by atoms with Gasteiger partial charge in [-0.2, -0.15) is 0 Å². The van der Waals surface area contributed by atoms with Crippen LogP contribution in [0.4, 0.5) is 0 Å². The summed E-state index contributed by atoms with van der Waals surface area (Å²) in [6.45, 7) is 5.18. The number of nitrogens with one attached hydrogen (secondary N) is 1. The van der Waals surface area contributed by atoms with Crippen LogP contribution in [-0.2, 0) is 22.6 Å². The third-order valence-electron chi connectivity index (χ3n) is 3.80. The lowest BCUT2D eigenvalue weighted by Crippen LogP contribution is -2.29. The highest BCUT2D eigenvalue weighted by atomic mass is 16.5. The predicted molar refractivity (Wildman–Crippen MR) is 82.2 cm³/mol. The summed E-state index contributed by atoms with van der Waals surface area (Å²) in [5, 5.41) is 3.54. The molecule has 0 amide bonds. The molecule has 0 spiro atoms. The molecule has 1 aromatic heterocycles. The number of ether oxygens (including phenoxy) is 2. The van der Waals surface area contributed by atoms with E-state index in [1.807, 2.05) is 0 Å². The van der Waals surface area contributed by atoms with Crippen LogP contribution in [0.2, 0.25) is 0 Å². The summed E-state index contributed by atoms with van der Waals surface area (Å²) in [5.74, 6) is 1.07. The van der Waals surface area contributed by atoms with Crippen molar-refractivity contribution in [1.82, 2.24) is 10.2 Å². The molecule has 0 unspecified atom stereocenters. The Kier molecular flexibility index (Phi) is 7.23. The monoisotopic (exact) mass is 296 g/mol. The molecule has 0 aliphatic heterocycles. The second-order valence-corrected chi connectivity index (χ2v) is 5.64. The van der Waals surface area contributed by atoms with Gasteiger partial charge in [-0.15, -0.1) is 0 Å². The first-order chi connectivity index (χ1) is 10.3. The van der Waals surface area contributed by atoms with Gasteiger partial charge < -0.3 is 19.2 Å². The molecular formula is C16H28N2O3. The molecule has 0 radical (unpaired) electrons. The molecule has 1 saturated carbocycles. The Bertz CT molecular complexity index is 391. The molecule has 1 aliphatic carbocycles. The molecule has 0 aromatic carbocycles. The average molecular weight is 296 g/mol. The van der Waals surface area contributed by atoms with E-state index in [4.69, 9.17) is 13.9 Å². The molecule has 21 heavy (non-hydrogen) atoms. The van der Waals surface area contributed by atoms with Crippen molar-refractivity contribution < 1.29 is 13.9 Å². The van der Waals surface area contributed by atoms with Gasteiger partial charge in [-0.3, -0.25) is 4.90 Å². The zero-order valence-corrected chi connectivity index (χ0v) is 13.3. The molecule has 5 heteroatoms. The average Bonchev–Trinajstić information content (AvgIpc) is 3.22. The second kappa shape index (κ2) is 9.20. The van der Waals surface area contributed by atoms with Gasteiger partial charge in [0.1, 0.15) is 5.76 Å². The number of furan rings is 1. The Morgan fingerprint density at radius 1 is 1.24 bits per heavy atom. The van der Waals surface area contributed by atoms with Crippen molar-refractivity contribution in [2.75, 3.05) is 40.5 Å². The molecule has 0 saturated heterocycles. The van der Waals surface area contributed by atoms with E-state index in [-0.39, 0.29) is 0 Å². The Hall–Kier alpha value is -0.880. The van der Waals surface area contributed by atoms with Crippen molar-refractivity contribution in [3.63, 3.8) is 0 Å². The smallest absolute Gasteiger partial charge is 0.122 e. The SMILES string of the molecule is COCCCN(CCOC)Cc1occc1CNC1CC1. The topological polar surface area (TPSA) is 46.9 Å². The highest BCUT2D eigenvalue weighted by Crippen LogP contribution is 2.21. The van der Waals surface area contributed by atoms with E-state index in [0.717, 1.165) is 57.6 Å². The number of hydrogen-bond donors (Lipinski definition) is 1. The van der Waals surface area contributed by atoms with Crippen LogP contribution in [0.15, 0.2) is 16.7 Å². The normalized spacial score (nSPS) is 15.0. The molecule has 1 aliphatic rings. The van der Waals surface area contributed by atoms with Gasteiger partial charge in [0.2, 0.25) is 0 Å². The fourth-order valence-corrected chi connectivity index (χ4v) is 2.33. The predicted octanol–water partition coefficient (Wildman–Crippen LogP) is 2.02. The van der Waals surface area contributed by atoms with E-state index in [2.05, 4.69) is 16.3 Å². The highest BCUT2D eigenvalue weighted by molar-refractivity contribution is 5.17. The fraction of sp³-hybridized carbons (Fsp3) is 0.750. The van der Waals surface area contributed by atoms with Gasteiger partial charge in [0.25, 0.3) is 0 Å². The van der Waals surface area contributed by atoms with E-state index < -0.39 is 0 Å². The minimum atomic E-state index is 0.721. The van der Waals surface area contributed by atoms with Crippen molar-refractivity contribution in [2.24, 2.45) is 0 Å². The molecule has 1 N–H and O–H groups in total. The highest BCUT2D eigenvalue weighted by Gasteiger charge is 2.21. The summed E-state index contributed by atoms with van der Waals surface area (Å²) in [6, 6.07) is 2.80. The Balaban J connectivity index is 1.83. The van der Waals surface area contributed by atoms with Crippen LogP contribution in [0.25, 0.3) is 0 Å². The Labute approximate surface area is 127 Å². The van der Waals surface area contributed by atoms with Gasteiger partial charge in [0, 0.05) is 52.1 Å². The molecule has 2 rings (SSSR count). The molecule has 5 nitrogen and oxygen atoms in total. The van der Waals surface area contributed by atoms with Crippen LogP contribution in [0.3, 0.4) is 0 Å². The Morgan fingerprint density at radius 3 is 2.76 bits per heavy atom. The van der Waals surface area contributed by atoms with Crippen molar-refractivity contribution >= 4 is 0 Å². The third kappa shape index (κ3) is 6.18. The van der Waals surface area contributed by atoms with Crippen molar-refractivity contribution in [3.05, 3.63) is 23.7 Å². The molecule has 1 fully saturated rings. The number of methoxy groups -OCH3 is 2. The van der Waals surface area contributed by atoms with Gasteiger partial charge in [0.05, 0.1) is 19.4 Å². The largest absolute Gasteiger partial charge is 0.468 e. The number of nitrogens with zero attached hydrogens (tertiary/aromatic N) is 1.